The summed E-state index contributed by atoms with van der Waals surface area (Å²) in [6, 6.07) is 7.73. The zero-order chi connectivity index (χ0) is 14.1. The van der Waals surface area contributed by atoms with Crippen LogP contribution in [0.4, 0.5) is 5.69 Å². The number of hydrogen-bond donors (Lipinski definition) is 1. The summed E-state index contributed by atoms with van der Waals surface area (Å²) in [6.45, 7) is 6.52. The van der Waals surface area contributed by atoms with Crippen LogP contribution in [0.25, 0.3) is 0 Å². The molecule has 2 N–H and O–H groups in total. The fourth-order valence-electron chi connectivity index (χ4n) is 1.72. The van der Waals surface area contributed by atoms with E-state index in [9.17, 15) is 4.79 Å². The van der Waals surface area contributed by atoms with Crippen LogP contribution < -0.4 is 5.73 Å². The zero-order valence-electron chi connectivity index (χ0n) is 11.9. The van der Waals surface area contributed by atoms with Crippen molar-refractivity contribution in [1.82, 2.24) is 4.90 Å². The number of unbranched alkanes of at least 4 members (excludes halogenated alkanes) is 1. The summed E-state index contributed by atoms with van der Waals surface area (Å²) in [5, 5.41) is 0. The zero-order valence-corrected chi connectivity index (χ0v) is 11.9. The number of hydrogen-bond acceptors (Lipinski definition) is 4. The minimum Gasteiger partial charge on any atom is -0.465 e. The maximum absolute atomic E-state index is 11.6. The first-order valence-electron chi connectivity index (χ1n) is 6.88. The molecule has 0 saturated heterocycles. The maximum Gasteiger partial charge on any atom is 0.320 e. The third kappa shape index (κ3) is 6.25. The molecule has 0 unspecified atom stereocenters. The molecule has 0 saturated carbocycles. The van der Waals surface area contributed by atoms with E-state index in [0.29, 0.717) is 13.2 Å². The second-order valence-electron chi connectivity index (χ2n) is 4.62. The van der Waals surface area contributed by atoms with Gasteiger partial charge < -0.3 is 10.5 Å². The van der Waals surface area contributed by atoms with Gasteiger partial charge in [0.25, 0.3) is 0 Å². The molecule has 0 aliphatic rings. The lowest BCUT2D eigenvalue weighted by Gasteiger charge is -2.19. The van der Waals surface area contributed by atoms with Crippen molar-refractivity contribution in [2.75, 3.05) is 25.4 Å². The third-order valence-electron chi connectivity index (χ3n) is 2.95. The lowest BCUT2D eigenvalue weighted by Crippen LogP contribution is -2.30. The van der Waals surface area contributed by atoms with E-state index in [-0.39, 0.29) is 5.97 Å². The van der Waals surface area contributed by atoms with Crippen LogP contribution in [-0.4, -0.2) is 30.6 Å². The van der Waals surface area contributed by atoms with Gasteiger partial charge in [0.15, 0.2) is 0 Å². The predicted octanol–water partition coefficient (Wildman–Crippen LogP) is 2.43. The fourth-order valence-corrected chi connectivity index (χ4v) is 1.72. The molecule has 0 heterocycles. The lowest BCUT2D eigenvalue weighted by atomic mass is 10.2. The van der Waals surface area contributed by atoms with Crippen LogP contribution in [0.1, 0.15) is 32.3 Å². The molecule has 1 aromatic rings. The van der Waals surface area contributed by atoms with Gasteiger partial charge in [-0.15, -0.1) is 0 Å². The lowest BCUT2D eigenvalue weighted by molar-refractivity contribution is -0.145. The quantitative estimate of drug-likeness (QED) is 0.445. The first-order valence-corrected chi connectivity index (χ1v) is 6.88. The molecule has 0 radical (unpaired) electrons. The highest BCUT2D eigenvalue weighted by atomic mass is 16.5. The Morgan fingerprint density at radius 3 is 2.53 bits per heavy atom. The minimum atomic E-state index is -0.147. The largest absolute Gasteiger partial charge is 0.465 e. The molecule has 19 heavy (non-hydrogen) atoms. The molecule has 0 aromatic heterocycles. The molecule has 4 heteroatoms. The number of nitrogen functional groups attached to an aromatic ring is 1. The average molecular weight is 264 g/mol. The standard InChI is InChI=1S/C15H24N2O2/c1-3-5-10-19-15(18)12-17(4-2)11-13-6-8-14(16)9-7-13/h6-9H,3-5,10-12,16H2,1-2H3. The van der Waals surface area contributed by atoms with E-state index in [2.05, 4.69) is 11.8 Å². The third-order valence-corrected chi connectivity index (χ3v) is 2.95. The van der Waals surface area contributed by atoms with Crippen LogP contribution in [0.3, 0.4) is 0 Å². The molecule has 0 spiro atoms. The monoisotopic (exact) mass is 264 g/mol. The molecule has 0 aliphatic heterocycles. The van der Waals surface area contributed by atoms with Crippen molar-refractivity contribution in [3.05, 3.63) is 29.8 Å². The van der Waals surface area contributed by atoms with Crippen LogP contribution >= 0.6 is 0 Å². The normalized spacial score (nSPS) is 10.7. The van der Waals surface area contributed by atoms with E-state index in [1.54, 1.807) is 0 Å². The highest BCUT2D eigenvalue weighted by molar-refractivity contribution is 5.71. The Labute approximate surface area is 115 Å². The number of nitrogens with two attached hydrogens (primary N) is 1. The van der Waals surface area contributed by atoms with E-state index < -0.39 is 0 Å². The Bertz CT molecular complexity index is 376. The topological polar surface area (TPSA) is 55.6 Å². The van der Waals surface area contributed by atoms with Crippen LogP contribution in [0.2, 0.25) is 0 Å². The highest BCUT2D eigenvalue weighted by Crippen LogP contribution is 2.08. The van der Waals surface area contributed by atoms with E-state index >= 15 is 0 Å². The number of carbonyl (C=O) groups is 1. The van der Waals surface area contributed by atoms with Gasteiger partial charge >= 0.3 is 5.97 Å². The predicted molar refractivity (Wildman–Crippen MR) is 77.7 cm³/mol. The number of nitrogens with zero attached hydrogens (tertiary/aromatic N) is 1. The van der Waals surface area contributed by atoms with Crippen molar-refractivity contribution in [1.29, 1.82) is 0 Å². The first-order chi connectivity index (χ1) is 9.15. The van der Waals surface area contributed by atoms with E-state index in [4.69, 9.17) is 10.5 Å². The van der Waals surface area contributed by atoms with Gasteiger partial charge in [0.2, 0.25) is 0 Å². The van der Waals surface area contributed by atoms with Crippen LogP contribution in [0.5, 0.6) is 0 Å². The molecule has 0 atom stereocenters. The number of anilines is 1. The summed E-state index contributed by atoms with van der Waals surface area (Å²) in [7, 11) is 0. The summed E-state index contributed by atoms with van der Waals surface area (Å²) >= 11 is 0. The molecule has 0 fully saturated rings. The maximum atomic E-state index is 11.6. The summed E-state index contributed by atoms with van der Waals surface area (Å²) in [6.07, 6.45) is 1.96. The number of carbonyl (C=O) groups excluding carboxylic acids is 1. The number of likely N-dealkylation sites (N-methyl/N-ethyl adjacent to an activating group) is 1. The van der Waals surface area contributed by atoms with Crippen molar-refractivity contribution in [2.24, 2.45) is 0 Å². The summed E-state index contributed by atoms with van der Waals surface area (Å²) in [5.74, 6) is -0.147. The van der Waals surface area contributed by atoms with Gasteiger partial charge in [-0.05, 0) is 30.7 Å². The van der Waals surface area contributed by atoms with Gasteiger partial charge in [0.05, 0.1) is 13.2 Å². The second-order valence-corrected chi connectivity index (χ2v) is 4.62. The van der Waals surface area contributed by atoms with Crippen molar-refractivity contribution in [3.63, 3.8) is 0 Å². The molecule has 0 bridgehead atoms. The van der Waals surface area contributed by atoms with E-state index in [1.165, 1.54) is 0 Å². The molecule has 1 aromatic carbocycles. The Hall–Kier alpha value is -1.55. The average Bonchev–Trinajstić information content (AvgIpc) is 2.41. The Morgan fingerprint density at radius 1 is 1.26 bits per heavy atom. The van der Waals surface area contributed by atoms with Gasteiger partial charge in [0, 0.05) is 12.2 Å². The second kappa shape index (κ2) is 8.53. The van der Waals surface area contributed by atoms with Gasteiger partial charge in [-0.1, -0.05) is 32.4 Å². The Morgan fingerprint density at radius 2 is 1.95 bits per heavy atom. The number of ether oxygens (including phenoxy) is 1. The Kier molecular flexibility index (Phi) is 6.97. The molecule has 1 rings (SSSR count). The Balaban J connectivity index is 2.40. The smallest absolute Gasteiger partial charge is 0.320 e. The van der Waals surface area contributed by atoms with E-state index in [1.807, 2.05) is 31.2 Å². The van der Waals surface area contributed by atoms with Crippen molar-refractivity contribution in [3.8, 4) is 0 Å². The van der Waals surface area contributed by atoms with Crippen molar-refractivity contribution >= 4 is 11.7 Å². The van der Waals surface area contributed by atoms with Gasteiger partial charge in [-0.3, -0.25) is 9.69 Å². The first kappa shape index (κ1) is 15.5. The number of rotatable bonds is 8. The molecular weight excluding hydrogens is 240 g/mol. The van der Waals surface area contributed by atoms with Crippen molar-refractivity contribution in [2.45, 2.75) is 33.2 Å². The SMILES string of the molecule is CCCCOC(=O)CN(CC)Cc1ccc(N)cc1. The molecule has 0 amide bonds. The summed E-state index contributed by atoms with van der Waals surface area (Å²) in [5.41, 5.74) is 7.56. The molecule has 4 nitrogen and oxygen atoms in total. The van der Waals surface area contributed by atoms with E-state index in [0.717, 1.165) is 37.2 Å². The van der Waals surface area contributed by atoms with Crippen LogP contribution in [-0.2, 0) is 16.1 Å². The van der Waals surface area contributed by atoms with Gasteiger partial charge in [0.1, 0.15) is 0 Å². The van der Waals surface area contributed by atoms with Gasteiger partial charge in [-0.25, -0.2) is 0 Å². The highest BCUT2D eigenvalue weighted by Gasteiger charge is 2.10. The van der Waals surface area contributed by atoms with Crippen molar-refractivity contribution < 1.29 is 9.53 Å². The molecular formula is C15H24N2O2. The summed E-state index contributed by atoms with van der Waals surface area (Å²) < 4.78 is 5.17. The fraction of sp³-hybridized carbons (Fsp3) is 0.533. The van der Waals surface area contributed by atoms with Crippen LogP contribution in [0.15, 0.2) is 24.3 Å². The summed E-state index contributed by atoms with van der Waals surface area (Å²) in [4.78, 5) is 13.7. The number of esters is 1. The van der Waals surface area contributed by atoms with Crippen LogP contribution in [0, 0.1) is 0 Å². The minimum absolute atomic E-state index is 0.147. The number of benzene rings is 1. The molecule has 0 aliphatic carbocycles. The molecule has 106 valence electrons. The van der Waals surface area contributed by atoms with Gasteiger partial charge in [-0.2, -0.15) is 0 Å².